The molecule has 4 rings (SSSR count). The van der Waals surface area contributed by atoms with Gasteiger partial charge in [-0.25, -0.2) is 14.6 Å². The molecule has 4 heterocycles. The van der Waals surface area contributed by atoms with Crippen LogP contribution in [-0.2, 0) is 13.1 Å². The Morgan fingerprint density at radius 3 is 3.04 bits per heavy atom. The summed E-state index contributed by atoms with van der Waals surface area (Å²) in [6, 6.07) is 6.10. The molecular formula is C17H20N7. The summed E-state index contributed by atoms with van der Waals surface area (Å²) in [7, 11) is 0. The third-order valence-corrected chi connectivity index (χ3v) is 4.28. The Balaban J connectivity index is 1.34. The molecule has 0 fully saturated rings. The van der Waals surface area contributed by atoms with Crippen molar-refractivity contribution < 1.29 is 0 Å². The number of aryl methyl sites for hydroxylation is 1. The van der Waals surface area contributed by atoms with E-state index in [0.717, 1.165) is 43.6 Å². The average molecular weight is 322 g/mol. The molecule has 1 aliphatic rings. The number of rotatable bonds is 5. The van der Waals surface area contributed by atoms with Gasteiger partial charge in [0.2, 0.25) is 0 Å². The van der Waals surface area contributed by atoms with Crippen LogP contribution in [0.5, 0.6) is 0 Å². The van der Waals surface area contributed by atoms with Crippen molar-refractivity contribution in [3.8, 4) is 5.82 Å². The summed E-state index contributed by atoms with van der Waals surface area (Å²) < 4.78 is 3.96. The largest absolute Gasteiger partial charge is 0.312 e. The Bertz CT molecular complexity index is 820. The van der Waals surface area contributed by atoms with Crippen LogP contribution in [0, 0.1) is 12.8 Å². The number of hydrogen-bond donors (Lipinski definition) is 1. The highest BCUT2D eigenvalue weighted by Crippen LogP contribution is 2.16. The zero-order valence-corrected chi connectivity index (χ0v) is 13.6. The summed E-state index contributed by atoms with van der Waals surface area (Å²) >= 11 is 0. The first kappa shape index (κ1) is 14.9. The molecule has 0 saturated heterocycles. The topological polar surface area (TPSA) is 74.7 Å². The molecular weight excluding hydrogens is 302 g/mol. The van der Waals surface area contributed by atoms with Gasteiger partial charge in [0.15, 0.2) is 0 Å². The maximum Gasteiger partial charge on any atom is 0.145 e. The Morgan fingerprint density at radius 2 is 2.17 bits per heavy atom. The molecule has 3 aromatic heterocycles. The highest BCUT2D eigenvalue weighted by molar-refractivity contribution is 5.29. The number of nitrogens with zero attached hydrogens (tertiary/aromatic N) is 6. The fraction of sp³-hybridized carbons (Fsp3) is 0.353. The summed E-state index contributed by atoms with van der Waals surface area (Å²) in [5, 5.41) is 12.4. The van der Waals surface area contributed by atoms with Crippen LogP contribution in [0.25, 0.3) is 5.82 Å². The van der Waals surface area contributed by atoms with Gasteiger partial charge in [-0.3, -0.25) is 9.88 Å². The third kappa shape index (κ3) is 3.03. The van der Waals surface area contributed by atoms with Crippen LogP contribution < -0.4 is 10.6 Å². The predicted octanol–water partition coefficient (Wildman–Crippen LogP) is 1.43. The first-order chi connectivity index (χ1) is 11.8. The minimum atomic E-state index is 0.481. The Morgan fingerprint density at radius 1 is 1.21 bits per heavy atom. The normalized spacial score (nSPS) is 16.6. The maximum atomic E-state index is 4.56. The molecule has 0 aliphatic carbocycles. The van der Waals surface area contributed by atoms with Crippen LogP contribution in [0.4, 0.5) is 5.82 Å². The van der Waals surface area contributed by atoms with E-state index in [0.29, 0.717) is 5.92 Å². The molecule has 7 heteroatoms. The molecule has 24 heavy (non-hydrogen) atoms. The summed E-state index contributed by atoms with van der Waals surface area (Å²) in [6.45, 7) is 5.49. The van der Waals surface area contributed by atoms with Crippen molar-refractivity contribution in [3.05, 3.63) is 54.4 Å². The maximum absolute atomic E-state index is 4.56. The smallest absolute Gasteiger partial charge is 0.145 e. The SMILES string of the molecule is Cc1nccn1-c1cc(CNCC2C[N]c3ccnn3C2)ccn1. The molecule has 0 saturated carbocycles. The van der Waals surface area contributed by atoms with Gasteiger partial charge >= 0.3 is 0 Å². The molecule has 1 atom stereocenters. The monoisotopic (exact) mass is 322 g/mol. The lowest BCUT2D eigenvalue weighted by Gasteiger charge is -2.23. The van der Waals surface area contributed by atoms with E-state index < -0.39 is 0 Å². The molecule has 3 aromatic rings. The predicted molar refractivity (Wildman–Crippen MR) is 90.2 cm³/mol. The summed E-state index contributed by atoms with van der Waals surface area (Å²) in [4.78, 5) is 8.68. The van der Waals surface area contributed by atoms with E-state index in [-0.39, 0.29) is 0 Å². The number of nitrogens with one attached hydrogen (secondary N) is 1. The van der Waals surface area contributed by atoms with Crippen LogP contribution >= 0.6 is 0 Å². The van der Waals surface area contributed by atoms with E-state index in [1.807, 2.05) is 46.9 Å². The van der Waals surface area contributed by atoms with Crippen molar-refractivity contribution >= 4 is 5.82 Å². The molecule has 1 N–H and O–H groups in total. The van der Waals surface area contributed by atoms with Gasteiger partial charge < -0.3 is 5.32 Å². The zero-order valence-electron chi connectivity index (χ0n) is 13.6. The molecule has 7 nitrogen and oxygen atoms in total. The number of imidazole rings is 1. The highest BCUT2D eigenvalue weighted by Gasteiger charge is 2.18. The molecule has 1 unspecified atom stereocenters. The summed E-state index contributed by atoms with van der Waals surface area (Å²) in [5.41, 5.74) is 1.21. The minimum absolute atomic E-state index is 0.481. The third-order valence-electron chi connectivity index (χ3n) is 4.28. The van der Waals surface area contributed by atoms with E-state index in [9.17, 15) is 0 Å². The molecule has 1 aliphatic heterocycles. The van der Waals surface area contributed by atoms with E-state index in [4.69, 9.17) is 0 Å². The Kier molecular flexibility index (Phi) is 4.00. The van der Waals surface area contributed by atoms with Crippen LogP contribution in [0.1, 0.15) is 11.4 Å². The lowest BCUT2D eigenvalue weighted by atomic mass is 10.1. The van der Waals surface area contributed by atoms with Crippen LogP contribution in [0.2, 0.25) is 0 Å². The number of aromatic nitrogens is 5. The number of fused-ring (bicyclic) bond motifs is 1. The molecule has 0 amide bonds. The zero-order chi connectivity index (χ0) is 16.4. The Hall–Kier alpha value is -2.67. The van der Waals surface area contributed by atoms with Crippen molar-refractivity contribution in [2.45, 2.75) is 20.0 Å². The van der Waals surface area contributed by atoms with Gasteiger partial charge in [-0.15, -0.1) is 0 Å². The van der Waals surface area contributed by atoms with E-state index in [1.54, 1.807) is 6.20 Å². The van der Waals surface area contributed by atoms with Gasteiger partial charge in [-0.2, -0.15) is 5.10 Å². The van der Waals surface area contributed by atoms with Crippen molar-refractivity contribution in [1.82, 2.24) is 34.9 Å². The van der Waals surface area contributed by atoms with E-state index in [1.165, 1.54) is 5.56 Å². The van der Waals surface area contributed by atoms with Crippen LogP contribution in [0.15, 0.2) is 43.0 Å². The average Bonchev–Trinajstić information content (AvgIpc) is 3.23. The highest BCUT2D eigenvalue weighted by atomic mass is 15.3. The minimum Gasteiger partial charge on any atom is -0.312 e. The second-order valence-corrected chi connectivity index (χ2v) is 6.08. The van der Waals surface area contributed by atoms with Crippen LogP contribution in [-0.4, -0.2) is 37.4 Å². The molecule has 1 radical (unpaired) electrons. The first-order valence-corrected chi connectivity index (χ1v) is 8.15. The second kappa shape index (κ2) is 6.45. The summed E-state index contributed by atoms with van der Waals surface area (Å²) in [5.74, 6) is 3.31. The van der Waals surface area contributed by atoms with Gasteiger partial charge in [0.1, 0.15) is 17.5 Å². The molecule has 0 spiro atoms. The van der Waals surface area contributed by atoms with Crippen molar-refractivity contribution in [3.63, 3.8) is 0 Å². The van der Waals surface area contributed by atoms with Crippen molar-refractivity contribution in [2.24, 2.45) is 5.92 Å². The van der Waals surface area contributed by atoms with Gasteiger partial charge in [-0.1, -0.05) is 0 Å². The molecule has 0 bridgehead atoms. The van der Waals surface area contributed by atoms with Gasteiger partial charge in [0.05, 0.1) is 6.20 Å². The Labute approximate surface area is 140 Å². The quantitative estimate of drug-likeness (QED) is 0.771. The standard InChI is InChI=1S/C17H20N7/c1-13-19-6-7-23(13)17-8-14(2-4-20-17)9-18-10-15-11-21-16-3-5-22-24(16)12-15/h2-8,15,18H,9-12H2,1H3. The fourth-order valence-corrected chi connectivity index (χ4v) is 3.00. The van der Waals surface area contributed by atoms with Gasteiger partial charge in [0.25, 0.3) is 0 Å². The summed E-state index contributed by atoms with van der Waals surface area (Å²) in [6.07, 6.45) is 7.38. The van der Waals surface area contributed by atoms with Crippen LogP contribution in [0.3, 0.4) is 0 Å². The number of pyridine rings is 1. The first-order valence-electron chi connectivity index (χ1n) is 8.15. The second-order valence-electron chi connectivity index (χ2n) is 6.08. The van der Waals surface area contributed by atoms with Crippen molar-refractivity contribution in [2.75, 3.05) is 13.1 Å². The van der Waals surface area contributed by atoms with Gasteiger partial charge in [0, 0.05) is 56.8 Å². The number of hydrogen-bond acceptors (Lipinski definition) is 4. The lowest BCUT2D eigenvalue weighted by Crippen LogP contribution is -2.34. The lowest BCUT2D eigenvalue weighted by molar-refractivity contribution is 0.352. The molecule has 123 valence electrons. The van der Waals surface area contributed by atoms with E-state index >= 15 is 0 Å². The molecule has 0 aromatic carbocycles. The van der Waals surface area contributed by atoms with E-state index in [2.05, 4.69) is 31.8 Å². The fourth-order valence-electron chi connectivity index (χ4n) is 3.00. The van der Waals surface area contributed by atoms with Gasteiger partial charge in [-0.05, 0) is 24.6 Å². The van der Waals surface area contributed by atoms with Crippen molar-refractivity contribution in [1.29, 1.82) is 0 Å².